The summed E-state index contributed by atoms with van der Waals surface area (Å²) >= 11 is 5.95. The molecule has 3 aromatic rings. The SMILES string of the molecule is CN1CCN(c2ccc(C#Cc3cnc(C(F)F)c4cnc(Cl)cc34)nc2)CC1. The molecule has 1 fully saturated rings. The van der Waals surface area contributed by atoms with Crippen LogP contribution in [0.4, 0.5) is 14.5 Å². The van der Waals surface area contributed by atoms with Gasteiger partial charge in [0.1, 0.15) is 16.5 Å². The summed E-state index contributed by atoms with van der Waals surface area (Å²) in [5.41, 5.74) is 1.83. The number of piperazine rings is 1. The van der Waals surface area contributed by atoms with Crippen LogP contribution in [0.5, 0.6) is 0 Å². The number of halogens is 3. The number of likely N-dealkylation sites (N-methyl/N-ethyl adjacent to an activating group) is 1. The van der Waals surface area contributed by atoms with Crippen LogP contribution in [0.3, 0.4) is 0 Å². The Balaban J connectivity index is 1.61. The molecular weight excluding hydrogens is 396 g/mol. The van der Waals surface area contributed by atoms with Crippen LogP contribution in [0.25, 0.3) is 10.8 Å². The molecule has 5 nitrogen and oxygen atoms in total. The fraction of sp³-hybridized carbons (Fsp3) is 0.286. The molecule has 148 valence electrons. The monoisotopic (exact) mass is 413 g/mol. The number of hydrogen-bond donors (Lipinski definition) is 0. The van der Waals surface area contributed by atoms with Gasteiger partial charge in [0.05, 0.1) is 17.4 Å². The van der Waals surface area contributed by atoms with E-state index in [0.717, 1.165) is 31.9 Å². The number of aromatic nitrogens is 3. The summed E-state index contributed by atoms with van der Waals surface area (Å²) in [6.07, 6.45) is 1.75. The summed E-state index contributed by atoms with van der Waals surface area (Å²) in [5, 5.41) is 0.952. The van der Waals surface area contributed by atoms with E-state index in [1.165, 1.54) is 18.5 Å². The zero-order chi connectivity index (χ0) is 20.4. The lowest BCUT2D eigenvalue weighted by molar-refractivity contribution is 0.148. The second-order valence-corrected chi connectivity index (χ2v) is 7.24. The minimum absolute atomic E-state index is 0.210. The van der Waals surface area contributed by atoms with Gasteiger partial charge in [0, 0.05) is 49.3 Å². The molecule has 4 heterocycles. The van der Waals surface area contributed by atoms with E-state index in [1.54, 1.807) is 0 Å². The normalized spacial score (nSPS) is 14.9. The first-order valence-electron chi connectivity index (χ1n) is 9.15. The molecule has 0 saturated carbocycles. The van der Waals surface area contributed by atoms with Gasteiger partial charge in [0.25, 0.3) is 6.43 Å². The van der Waals surface area contributed by atoms with Crippen molar-refractivity contribution < 1.29 is 8.78 Å². The molecule has 29 heavy (non-hydrogen) atoms. The molecule has 0 unspecified atom stereocenters. The highest BCUT2D eigenvalue weighted by atomic mass is 35.5. The molecule has 0 N–H and O–H groups in total. The molecule has 3 aromatic heterocycles. The maximum atomic E-state index is 13.2. The summed E-state index contributed by atoms with van der Waals surface area (Å²) in [5.74, 6) is 5.96. The first-order valence-corrected chi connectivity index (χ1v) is 9.53. The van der Waals surface area contributed by atoms with Crippen molar-refractivity contribution in [2.24, 2.45) is 0 Å². The molecule has 1 saturated heterocycles. The van der Waals surface area contributed by atoms with Gasteiger partial charge in [0.2, 0.25) is 0 Å². The average Bonchev–Trinajstić information content (AvgIpc) is 2.72. The third-order valence-corrected chi connectivity index (χ3v) is 5.12. The van der Waals surface area contributed by atoms with Crippen LogP contribution in [0.2, 0.25) is 5.15 Å². The van der Waals surface area contributed by atoms with Gasteiger partial charge in [-0.3, -0.25) is 4.98 Å². The molecule has 4 rings (SSSR count). The average molecular weight is 414 g/mol. The number of fused-ring (bicyclic) bond motifs is 1. The van der Waals surface area contributed by atoms with Gasteiger partial charge >= 0.3 is 0 Å². The highest BCUT2D eigenvalue weighted by molar-refractivity contribution is 6.30. The first kappa shape index (κ1) is 19.5. The zero-order valence-electron chi connectivity index (χ0n) is 15.7. The van der Waals surface area contributed by atoms with Crippen LogP contribution >= 0.6 is 11.6 Å². The Hall–Kier alpha value is -2.82. The van der Waals surface area contributed by atoms with Crippen molar-refractivity contribution in [1.82, 2.24) is 19.9 Å². The van der Waals surface area contributed by atoms with E-state index in [2.05, 4.69) is 43.6 Å². The Morgan fingerprint density at radius 3 is 2.45 bits per heavy atom. The smallest absolute Gasteiger partial charge is 0.281 e. The fourth-order valence-corrected chi connectivity index (χ4v) is 3.40. The number of rotatable bonds is 2. The van der Waals surface area contributed by atoms with Crippen molar-refractivity contribution in [3.05, 3.63) is 58.9 Å². The Morgan fingerprint density at radius 2 is 1.76 bits per heavy atom. The van der Waals surface area contributed by atoms with Crippen LogP contribution < -0.4 is 4.90 Å². The number of nitrogens with zero attached hydrogens (tertiary/aromatic N) is 5. The van der Waals surface area contributed by atoms with E-state index in [-0.39, 0.29) is 16.2 Å². The zero-order valence-corrected chi connectivity index (χ0v) is 16.5. The largest absolute Gasteiger partial charge is 0.368 e. The van der Waals surface area contributed by atoms with Gasteiger partial charge in [-0.15, -0.1) is 0 Å². The van der Waals surface area contributed by atoms with Crippen LogP contribution in [0.15, 0.2) is 36.8 Å². The highest BCUT2D eigenvalue weighted by Gasteiger charge is 2.16. The van der Waals surface area contributed by atoms with E-state index < -0.39 is 6.43 Å². The second kappa shape index (κ2) is 8.27. The third-order valence-electron chi connectivity index (χ3n) is 4.92. The van der Waals surface area contributed by atoms with Crippen molar-refractivity contribution in [3.8, 4) is 11.8 Å². The minimum Gasteiger partial charge on any atom is -0.368 e. The summed E-state index contributed by atoms with van der Waals surface area (Å²) < 4.78 is 26.4. The predicted octanol–water partition coefficient (Wildman–Crippen LogP) is 3.77. The van der Waals surface area contributed by atoms with Gasteiger partial charge in [-0.05, 0) is 31.2 Å². The fourth-order valence-electron chi connectivity index (χ4n) is 3.25. The van der Waals surface area contributed by atoms with Crippen LogP contribution in [-0.4, -0.2) is 53.1 Å². The summed E-state index contributed by atoms with van der Waals surface area (Å²) in [4.78, 5) is 16.8. The molecular formula is C21H18ClF2N5. The Labute approximate surface area is 172 Å². The molecule has 0 atom stereocenters. The molecule has 1 aliphatic rings. The van der Waals surface area contributed by atoms with Crippen LogP contribution in [-0.2, 0) is 0 Å². The molecule has 0 radical (unpaired) electrons. The quantitative estimate of drug-likeness (QED) is 0.472. The summed E-state index contributed by atoms with van der Waals surface area (Å²) in [6.45, 7) is 3.97. The Morgan fingerprint density at radius 1 is 0.966 bits per heavy atom. The van der Waals surface area contributed by atoms with Gasteiger partial charge in [-0.25, -0.2) is 18.7 Å². The number of pyridine rings is 3. The van der Waals surface area contributed by atoms with Crippen molar-refractivity contribution in [2.75, 3.05) is 38.1 Å². The van der Waals surface area contributed by atoms with Crippen molar-refractivity contribution >= 4 is 28.1 Å². The lowest BCUT2D eigenvalue weighted by Gasteiger charge is -2.33. The molecule has 0 spiro atoms. The maximum absolute atomic E-state index is 13.2. The van der Waals surface area contributed by atoms with E-state index in [1.807, 2.05) is 18.3 Å². The maximum Gasteiger partial charge on any atom is 0.281 e. The predicted molar refractivity (Wildman–Crippen MR) is 109 cm³/mol. The van der Waals surface area contributed by atoms with E-state index in [9.17, 15) is 8.78 Å². The molecule has 0 aromatic carbocycles. The van der Waals surface area contributed by atoms with Gasteiger partial charge < -0.3 is 9.80 Å². The Bertz CT molecular complexity index is 1080. The van der Waals surface area contributed by atoms with E-state index in [4.69, 9.17) is 11.6 Å². The van der Waals surface area contributed by atoms with Gasteiger partial charge in [-0.1, -0.05) is 17.5 Å². The van der Waals surface area contributed by atoms with Crippen LogP contribution in [0.1, 0.15) is 23.4 Å². The Kier molecular flexibility index (Phi) is 5.56. The number of alkyl halides is 2. The number of hydrogen-bond acceptors (Lipinski definition) is 5. The molecule has 0 amide bonds. The first-order chi connectivity index (χ1) is 14.0. The van der Waals surface area contributed by atoms with E-state index >= 15 is 0 Å². The third kappa shape index (κ3) is 4.29. The lowest BCUT2D eigenvalue weighted by atomic mass is 10.1. The lowest BCUT2D eigenvalue weighted by Crippen LogP contribution is -2.44. The van der Waals surface area contributed by atoms with Gasteiger partial charge in [-0.2, -0.15) is 0 Å². The summed E-state index contributed by atoms with van der Waals surface area (Å²) in [6, 6.07) is 5.38. The van der Waals surface area contributed by atoms with Crippen molar-refractivity contribution in [1.29, 1.82) is 0 Å². The van der Waals surface area contributed by atoms with Gasteiger partial charge in [0.15, 0.2) is 0 Å². The number of anilines is 1. The van der Waals surface area contributed by atoms with Crippen LogP contribution in [0, 0.1) is 11.8 Å². The molecule has 8 heteroatoms. The molecule has 0 aliphatic carbocycles. The topological polar surface area (TPSA) is 45.2 Å². The highest BCUT2D eigenvalue weighted by Crippen LogP contribution is 2.28. The second-order valence-electron chi connectivity index (χ2n) is 6.85. The van der Waals surface area contributed by atoms with E-state index in [0.29, 0.717) is 16.6 Å². The summed E-state index contributed by atoms with van der Waals surface area (Å²) in [7, 11) is 2.12. The standard InChI is InChI=1S/C21H18ClF2N5/c1-28-6-8-29(9-7-28)16-5-4-15(25-12-16)3-2-14-11-27-20(21(23)24)18-13-26-19(22)10-17(14)18/h4-5,10-13,21H,6-9H2,1H3. The molecule has 1 aliphatic heterocycles. The van der Waals surface area contributed by atoms with Crippen molar-refractivity contribution in [2.45, 2.75) is 6.43 Å². The minimum atomic E-state index is -2.70. The van der Waals surface area contributed by atoms with Crippen molar-refractivity contribution in [3.63, 3.8) is 0 Å². The molecule has 0 bridgehead atoms.